The maximum absolute atomic E-state index is 12.0. The Balaban J connectivity index is 1.81. The van der Waals surface area contributed by atoms with Crippen LogP contribution in [0.15, 0.2) is 23.4 Å². The van der Waals surface area contributed by atoms with Gasteiger partial charge in [0, 0.05) is 13.1 Å². The van der Waals surface area contributed by atoms with E-state index in [-0.39, 0.29) is 24.7 Å². The van der Waals surface area contributed by atoms with Crippen LogP contribution in [0.4, 0.5) is 0 Å². The fraction of sp³-hybridized carbons (Fsp3) is 0.467. The molecule has 7 heteroatoms. The molecule has 120 valence electrons. The molecule has 5 nitrogen and oxygen atoms in total. The van der Waals surface area contributed by atoms with Gasteiger partial charge in [0.05, 0.1) is 28.5 Å². The summed E-state index contributed by atoms with van der Waals surface area (Å²) in [6.45, 7) is 4.93. The first-order valence-corrected chi connectivity index (χ1v) is 7.75. The molecule has 0 saturated carbocycles. The fourth-order valence-electron chi connectivity index (χ4n) is 2.26. The topological polar surface area (TPSA) is 51.1 Å². The van der Waals surface area contributed by atoms with E-state index in [1.807, 2.05) is 13.8 Å². The molecular formula is C15H18Cl2N2O3. The highest BCUT2D eigenvalue weighted by molar-refractivity contribution is 6.42. The zero-order valence-corrected chi connectivity index (χ0v) is 14.0. The molecule has 0 spiro atoms. The third-order valence-corrected chi connectivity index (χ3v) is 3.92. The molecule has 0 aliphatic carbocycles. The number of carbonyl (C=O) groups excluding carboxylic acids is 1. The number of hydrogen-bond donors (Lipinski definition) is 0. The third-order valence-electron chi connectivity index (χ3n) is 3.18. The molecule has 2 atom stereocenters. The van der Waals surface area contributed by atoms with Crippen LogP contribution < -0.4 is 0 Å². The second kappa shape index (κ2) is 7.81. The standard InChI is InChI=1S/C15H18Cl2N2O3/c1-10-7-19(8-11(2)22-10)15(20)9-21-18-6-12-3-4-13(16)14(17)5-12/h3-6,10-11H,7-9H2,1-2H3/t10-,11-/m0/s1. The van der Waals surface area contributed by atoms with Crippen molar-refractivity contribution in [3.05, 3.63) is 33.8 Å². The Labute approximate surface area is 139 Å². The molecule has 1 aromatic carbocycles. The summed E-state index contributed by atoms with van der Waals surface area (Å²) in [5.41, 5.74) is 0.746. The minimum absolute atomic E-state index is 0.0346. The number of benzene rings is 1. The average Bonchev–Trinajstić information content (AvgIpc) is 2.46. The monoisotopic (exact) mass is 344 g/mol. The Kier molecular flexibility index (Phi) is 6.06. The van der Waals surface area contributed by atoms with E-state index >= 15 is 0 Å². The van der Waals surface area contributed by atoms with Gasteiger partial charge in [0.2, 0.25) is 0 Å². The fourth-order valence-corrected chi connectivity index (χ4v) is 2.56. The summed E-state index contributed by atoms with van der Waals surface area (Å²) in [4.78, 5) is 18.8. The molecule has 1 heterocycles. The predicted molar refractivity (Wildman–Crippen MR) is 86.6 cm³/mol. The number of amides is 1. The van der Waals surface area contributed by atoms with Gasteiger partial charge in [0.1, 0.15) is 0 Å². The smallest absolute Gasteiger partial charge is 0.263 e. The predicted octanol–water partition coefficient (Wildman–Crippen LogP) is 2.98. The van der Waals surface area contributed by atoms with Crippen molar-refractivity contribution in [2.24, 2.45) is 5.16 Å². The van der Waals surface area contributed by atoms with Crippen molar-refractivity contribution >= 4 is 35.3 Å². The van der Waals surface area contributed by atoms with Gasteiger partial charge in [0.25, 0.3) is 5.91 Å². The highest BCUT2D eigenvalue weighted by Crippen LogP contribution is 2.21. The van der Waals surface area contributed by atoms with Crippen molar-refractivity contribution < 1.29 is 14.4 Å². The lowest BCUT2D eigenvalue weighted by Crippen LogP contribution is -2.49. The molecule has 22 heavy (non-hydrogen) atoms. The maximum Gasteiger partial charge on any atom is 0.263 e. The van der Waals surface area contributed by atoms with Crippen LogP contribution in [0.25, 0.3) is 0 Å². The van der Waals surface area contributed by atoms with E-state index in [0.717, 1.165) is 5.56 Å². The van der Waals surface area contributed by atoms with Gasteiger partial charge in [-0.1, -0.05) is 34.4 Å². The summed E-state index contributed by atoms with van der Waals surface area (Å²) >= 11 is 11.7. The van der Waals surface area contributed by atoms with E-state index in [9.17, 15) is 4.79 Å². The molecule has 1 aliphatic heterocycles. The summed E-state index contributed by atoms with van der Waals surface area (Å²) in [7, 11) is 0. The molecule has 0 aromatic heterocycles. The molecule has 2 rings (SSSR count). The van der Waals surface area contributed by atoms with Gasteiger partial charge in [-0.25, -0.2) is 0 Å². The second-order valence-electron chi connectivity index (χ2n) is 5.24. The van der Waals surface area contributed by atoms with Crippen LogP contribution >= 0.6 is 23.2 Å². The number of carbonyl (C=O) groups is 1. The molecule has 1 saturated heterocycles. The minimum Gasteiger partial charge on any atom is -0.386 e. The largest absolute Gasteiger partial charge is 0.386 e. The number of hydrogen-bond acceptors (Lipinski definition) is 4. The highest BCUT2D eigenvalue weighted by atomic mass is 35.5. The third kappa shape index (κ3) is 4.87. The van der Waals surface area contributed by atoms with Crippen molar-refractivity contribution in [1.82, 2.24) is 4.90 Å². The number of ether oxygens (including phenoxy) is 1. The minimum atomic E-state index is -0.103. The van der Waals surface area contributed by atoms with Gasteiger partial charge >= 0.3 is 0 Å². The van der Waals surface area contributed by atoms with E-state index in [2.05, 4.69) is 5.16 Å². The van der Waals surface area contributed by atoms with Gasteiger partial charge < -0.3 is 14.5 Å². The van der Waals surface area contributed by atoms with E-state index in [1.54, 1.807) is 23.1 Å². The van der Waals surface area contributed by atoms with Gasteiger partial charge in [-0.2, -0.15) is 0 Å². The Hall–Kier alpha value is -1.30. The molecular weight excluding hydrogens is 327 g/mol. The van der Waals surface area contributed by atoms with Gasteiger partial charge in [0.15, 0.2) is 6.61 Å². The van der Waals surface area contributed by atoms with Crippen LogP contribution in [-0.4, -0.2) is 48.9 Å². The van der Waals surface area contributed by atoms with Crippen molar-refractivity contribution in [2.45, 2.75) is 26.1 Å². The first-order valence-electron chi connectivity index (χ1n) is 6.99. The van der Waals surface area contributed by atoms with E-state index in [0.29, 0.717) is 23.1 Å². The maximum atomic E-state index is 12.0. The van der Waals surface area contributed by atoms with Crippen molar-refractivity contribution in [2.75, 3.05) is 19.7 Å². The zero-order chi connectivity index (χ0) is 16.1. The highest BCUT2D eigenvalue weighted by Gasteiger charge is 2.25. The first-order chi connectivity index (χ1) is 10.5. The number of halogens is 2. The lowest BCUT2D eigenvalue weighted by Gasteiger charge is -2.34. The molecule has 0 bridgehead atoms. The van der Waals surface area contributed by atoms with Crippen LogP contribution in [0.3, 0.4) is 0 Å². The number of rotatable bonds is 4. The zero-order valence-electron chi connectivity index (χ0n) is 12.5. The molecule has 1 aromatic rings. The second-order valence-corrected chi connectivity index (χ2v) is 6.05. The Morgan fingerprint density at radius 2 is 2.05 bits per heavy atom. The number of nitrogens with zero attached hydrogens (tertiary/aromatic N) is 2. The van der Waals surface area contributed by atoms with Gasteiger partial charge in [-0.05, 0) is 31.5 Å². The van der Waals surface area contributed by atoms with E-state index in [4.69, 9.17) is 32.8 Å². The molecule has 1 fully saturated rings. The summed E-state index contributed by atoms with van der Waals surface area (Å²) in [6.07, 6.45) is 1.56. The van der Waals surface area contributed by atoms with Crippen LogP contribution in [-0.2, 0) is 14.4 Å². The molecule has 0 unspecified atom stereocenters. The van der Waals surface area contributed by atoms with Crippen LogP contribution in [0, 0.1) is 0 Å². The van der Waals surface area contributed by atoms with Crippen LogP contribution in [0.5, 0.6) is 0 Å². The summed E-state index contributed by atoms with van der Waals surface area (Å²) < 4.78 is 5.58. The van der Waals surface area contributed by atoms with Crippen molar-refractivity contribution in [3.63, 3.8) is 0 Å². The number of oxime groups is 1. The molecule has 1 amide bonds. The molecule has 0 N–H and O–H groups in total. The normalized spacial score (nSPS) is 22.1. The lowest BCUT2D eigenvalue weighted by molar-refractivity contribution is -0.147. The number of morpholine rings is 1. The SMILES string of the molecule is C[C@H]1CN(C(=O)CON=Cc2ccc(Cl)c(Cl)c2)C[C@H](C)O1. The Morgan fingerprint density at radius 1 is 1.36 bits per heavy atom. The Morgan fingerprint density at radius 3 is 2.68 bits per heavy atom. The first kappa shape index (κ1) is 17.1. The van der Waals surface area contributed by atoms with Gasteiger partial charge in [-0.15, -0.1) is 0 Å². The average molecular weight is 345 g/mol. The van der Waals surface area contributed by atoms with Crippen molar-refractivity contribution in [1.29, 1.82) is 0 Å². The summed E-state index contributed by atoms with van der Waals surface area (Å²) in [6, 6.07) is 5.10. The van der Waals surface area contributed by atoms with Gasteiger partial charge in [-0.3, -0.25) is 4.79 Å². The van der Waals surface area contributed by atoms with Crippen LogP contribution in [0.2, 0.25) is 10.0 Å². The van der Waals surface area contributed by atoms with Crippen LogP contribution in [0.1, 0.15) is 19.4 Å². The van der Waals surface area contributed by atoms with E-state index in [1.165, 1.54) is 6.21 Å². The van der Waals surface area contributed by atoms with Crippen molar-refractivity contribution in [3.8, 4) is 0 Å². The summed E-state index contributed by atoms with van der Waals surface area (Å²) in [5, 5.41) is 4.70. The van der Waals surface area contributed by atoms with E-state index < -0.39 is 0 Å². The molecule has 0 radical (unpaired) electrons. The lowest BCUT2D eigenvalue weighted by atomic mass is 10.2. The Bertz CT molecular complexity index is 556. The summed E-state index contributed by atoms with van der Waals surface area (Å²) in [5.74, 6) is -0.103. The quantitative estimate of drug-likeness (QED) is 0.623. The molecule has 1 aliphatic rings.